The van der Waals surface area contributed by atoms with Crippen LogP contribution >= 0.6 is 11.8 Å². The van der Waals surface area contributed by atoms with E-state index in [0.29, 0.717) is 0 Å². The van der Waals surface area contributed by atoms with Crippen LogP contribution in [0.4, 0.5) is 0 Å². The summed E-state index contributed by atoms with van der Waals surface area (Å²) >= 11 is 1.65. The van der Waals surface area contributed by atoms with Crippen molar-refractivity contribution in [1.29, 1.82) is 0 Å². The van der Waals surface area contributed by atoms with Gasteiger partial charge in [-0.05, 0) is 18.4 Å². The fourth-order valence-corrected chi connectivity index (χ4v) is 1.24. The van der Waals surface area contributed by atoms with Gasteiger partial charge >= 0.3 is 0 Å². The molecule has 0 fully saturated rings. The number of hydrogen-bond acceptors (Lipinski definition) is 1. The Balaban J connectivity index is 3.12. The van der Waals surface area contributed by atoms with Crippen molar-refractivity contribution in [1.82, 2.24) is 0 Å². The van der Waals surface area contributed by atoms with Crippen molar-refractivity contribution < 1.29 is 0 Å². The van der Waals surface area contributed by atoms with Crippen LogP contribution in [-0.4, -0.2) is 6.26 Å². The quantitative estimate of drug-likeness (QED) is 0.433. The third-order valence-electron chi connectivity index (χ3n) is 1.18. The summed E-state index contributed by atoms with van der Waals surface area (Å²) in [5.41, 5.74) is 0.856. The molecule has 1 aromatic rings. The molecule has 0 amide bonds. The lowest BCUT2D eigenvalue weighted by molar-refractivity contribution is 1.41. The Morgan fingerprint density at radius 3 is 3.00 bits per heavy atom. The van der Waals surface area contributed by atoms with E-state index in [0.717, 1.165) is 10.5 Å². The Labute approximate surface area is 65.6 Å². The second-order valence-electron chi connectivity index (χ2n) is 1.76. The maximum absolute atomic E-state index is 5.23. The van der Waals surface area contributed by atoms with Crippen LogP contribution in [0.25, 0.3) is 0 Å². The van der Waals surface area contributed by atoms with Crippen LogP contribution < -0.4 is 0 Å². The van der Waals surface area contributed by atoms with Gasteiger partial charge in [-0.15, -0.1) is 18.2 Å². The van der Waals surface area contributed by atoms with Crippen LogP contribution in [0, 0.1) is 18.4 Å². The smallest absolute Gasteiger partial charge is 0.0457 e. The molecule has 0 saturated heterocycles. The first-order valence-electron chi connectivity index (χ1n) is 2.90. The van der Waals surface area contributed by atoms with E-state index in [4.69, 9.17) is 6.42 Å². The van der Waals surface area contributed by atoms with E-state index >= 15 is 0 Å². The molecule has 1 aromatic carbocycles. The Morgan fingerprint density at radius 1 is 1.70 bits per heavy atom. The van der Waals surface area contributed by atoms with E-state index in [2.05, 4.69) is 12.0 Å². The van der Waals surface area contributed by atoms with Gasteiger partial charge in [0.15, 0.2) is 0 Å². The first kappa shape index (κ1) is 7.24. The van der Waals surface area contributed by atoms with Gasteiger partial charge in [0.2, 0.25) is 0 Å². The number of benzene rings is 1. The minimum atomic E-state index is 0.856. The van der Waals surface area contributed by atoms with Crippen molar-refractivity contribution >= 4 is 11.8 Å². The van der Waals surface area contributed by atoms with Gasteiger partial charge in [0.1, 0.15) is 0 Å². The molecule has 0 N–H and O–H groups in total. The first-order valence-corrected chi connectivity index (χ1v) is 4.12. The maximum Gasteiger partial charge on any atom is 0.0457 e. The van der Waals surface area contributed by atoms with E-state index in [-0.39, 0.29) is 0 Å². The molecule has 0 aromatic heterocycles. The average molecular weight is 147 g/mol. The molecule has 0 aliphatic carbocycles. The summed E-state index contributed by atoms with van der Waals surface area (Å²) in [6.07, 6.45) is 7.24. The van der Waals surface area contributed by atoms with Gasteiger partial charge in [0.05, 0.1) is 0 Å². The molecule has 0 saturated carbocycles. The molecule has 0 heterocycles. The van der Waals surface area contributed by atoms with Crippen molar-refractivity contribution in [2.24, 2.45) is 0 Å². The highest BCUT2D eigenvalue weighted by Gasteiger charge is 1.93. The fourth-order valence-electron chi connectivity index (χ4n) is 0.704. The van der Waals surface area contributed by atoms with Crippen molar-refractivity contribution in [3.05, 3.63) is 29.8 Å². The lowest BCUT2D eigenvalue weighted by Gasteiger charge is -1.96. The van der Waals surface area contributed by atoms with E-state index in [1.54, 1.807) is 11.8 Å². The second-order valence-corrected chi connectivity index (χ2v) is 2.61. The van der Waals surface area contributed by atoms with Crippen LogP contribution in [0.2, 0.25) is 0 Å². The highest BCUT2D eigenvalue weighted by molar-refractivity contribution is 7.98. The first-order chi connectivity index (χ1) is 4.88. The molecule has 0 unspecified atom stereocenters. The van der Waals surface area contributed by atoms with Crippen LogP contribution in [-0.2, 0) is 0 Å². The van der Waals surface area contributed by atoms with E-state index in [9.17, 15) is 0 Å². The minimum Gasteiger partial charge on any atom is -0.128 e. The van der Waals surface area contributed by atoms with E-state index in [1.165, 1.54) is 0 Å². The summed E-state index contributed by atoms with van der Waals surface area (Å²) in [6, 6.07) is 8.74. The van der Waals surface area contributed by atoms with Gasteiger partial charge in [0.25, 0.3) is 0 Å². The molecule has 0 atom stereocenters. The van der Waals surface area contributed by atoms with Gasteiger partial charge in [-0.25, -0.2) is 0 Å². The highest BCUT2D eigenvalue weighted by atomic mass is 32.2. The lowest BCUT2D eigenvalue weighted by Crippen LogP contribution is -1.77. The maximum atomic E-state index is 5.23. The lowest BCUT2D eigenvalue weighted by atomic mass is 10.2. The number of thioether (sulfide) groups is 1. The third kappa shape index (κ3) is 1.34. The molecule has 0 aliphatic heterocycles. The molecule has 0 aliphatic rings. The molecule has 1 heteroatoms. The zero-order valence-electron chi connectivity index (χ0n) is 5.72. The van der Waals surface area contributed by atoms with Crippen molar-refractivity contribution in [2.75, 3.05) is 6.26 Å². The summed E-state index contributed by atoms with van der Waals surface area (Å²) in [5, 5.41) is 0. The SMILES string of the molecule is C#Cc1[c]cccc1SC. The van der Waals surface area contributed by atoms with Crippen LogP contribution in [0.3, 0.4) is 0 Å². The van der Waals surface area contributed by atoms with Crippen LogP contribution in [0.1, 0.15) is 5.56 Å². The molecule has 0 spiro atoms. The van der Waals surface area contributed by atoms with Crippen molar-refractivity contribution in [3.8, 4) is 12.3 Å². The van der Waals surface area contributed by atoms with Crippen molar-refractivity contribution in [3.63, 3.8) is 0 Å². The Hall–Kier alpha value is -0.870. The molecule has 49 valence electrons. The van der Waals surface area contributed by atoms with E-state index < -0.39 is 0 Å². The van der Waals surface area contributed by atoms with Crippen molar-refractivity contribution in [2.45, 2.75) is 4.90 Å². The largest absolute Gasteiger partial charge is 0.128 e. The van der Waals surface area contributed by atoms with Crippen LogP contribution in [0.15, 0.2) is 23.1 Å². The molecular formula is C9H7S. The highest BCUT2D eigenvalue weighted by Crippen LogP contribution is 2.17. The van der Waals surface area contributed by atoms with Gasteiger partial charge in [-0.1, -0.05) is 18.1 Å². The zero-order chi connectivity index (χ0) is 7.40. The number of hydrogen-bond donors (Lipinski definition) is 0. The zero-order valence-corrected chi connectivity index (χ0v) is 6.53. The standard InChI is InChI=1S/C9H7S/c1-3-8-6-4-5-7-9(8)10-2/h1,4-5,7H,2H3. The summed E-state index contributed by atoms with van der Waals surface area (Å²) in [6.45, 7) is 0. The van der Waals surface area contributed by atoms with Gasteiger partial charge < -0.3 is 0 Å². The monoisotopic (exact) mass is 147 g/mol. The van der Waals surface area contributed by atoms with Crippen LogP contribution in [0.5, 0.6) is 0 Å². The normalized spacial score (nSPS) is 8.80. The Kier molecular flexibility index (Phi) is 2.42. The topological polar surface area (TPSA) is 0 Å². The predicted octanol–water partition coefficient (Wildman–Crippen LogP) is 2.19. The Bertz CT molecular complexity index is 258. The second kappa shape index (κ2) is 3.34. The molecular weight excluding hydrogens is 140 g/mol. The minimum absolute atomic E-state index is 0.856. The fraction of sp³-hybridized carbons (Fsp3) is 0.111. The van der Waals surface area contributed by atoms with Gasteiger partial charge in [0, 0.05) is 10.5 Å². The third-order valence-corrected chi connectivity index (χ3v) is 1.96. The van der Waals surface area contributed by atoms with E-state index in [1.807, 2.05) is 24.5 Å². The number of rotatable bonds is 1. The number of terminal acetylenes is 1. The molecule has 0 nitrogen and oxygen atoms in total. The Morgan fingerprint density at radius 2 is 2.50 bits per heavy atom. The molecule has 10 heavy (non-hydrogen) atoms. The summed E-state index contributed by atoms with van der Waals surface area (Å²) in [7, 11) is 0. The molecule has 1 rings (SSSR count). The summed E-state index contributed by atoms with van der Waals surface area (Å²) in [5.74, 6) is 2.57. The molecule has 0 bridgehead atoms. The van der Waals surface area contributed by atoms with Gasteiger partial charge in [-0.2, -0.15) is 0 Å². The molecule has 1 radical (unpaired) electrons. The predicted molar refractivity (Wildman–Crippen MR) is 45.0 cm³/mol. The summed E-state index contributed by atoms with van der Waals surface area (Å²) in [4.78, 5) is 1.12. The average Bonchev–Trinajstić information content (AvgIpc) is 2.04. The van der Waals surface area contributed by atoms with Gasteiger partial charge in [-0.3, -0.25) is 0 Å². The summed E-state index contributed by atoms with van der Waals surface area (Å²) < 4.78 is 0.